The predicted molar refractivity (Wildman–Crippen MR) is 173 cm³/mol. The van der Waals surface area contributed by atoms with E-state index in [1.807, 2.05) is 5.32 Å². The summed E-state index contributed by atoms with van der Waals surface area (Å²) >= 11 is 0. The normalized spacial score (nSPS) is 26.3. The Morgan fingerprint density at radius 1 is 1.09 bits per heavy atom. The first-order valence-corrected chi connectivity index (χ1v) is 16.4. The Hall–Kier alpha value is -5.07. The Kier molecular flexibility index (Phi) is 12.5. The number of benzene rings is 1. The zero-order chi connectivity index (χ0) is 39.4. The highest BCUT2D eigenvalue weighted by Crippen LogP contribution is 2.51. The standard InChI is InChI=1S/C35H38F3NO14/c1-16-11-18(39-33(48)35(36,37)38)12-26(52-16)53-22-14-34(49,23(41)15-51-25(44)10-6-9-24(42)43)13-19-27(22)32(47)29-28(31(19)46)20(40)7-4-5-8-21(50-3)17(2)30(29)45/h4-5,8,16,18,22,26,46-47,49H,2,6-7,9-15H2,1,3H3,(H,39,48)(H,42,43)/b5-4-,21-8+/t16-,18+,22-,26-,34-/m0/s1. The molecular weight excluding hydrogens is 715 g/mol. The van der Waals surface area contributed by atoms with Gasteiger partial charge in [-0.25, -0.2) is 0 Å². The van der Waals surface area contributed by atoms with Gasteiger partial charge in [0.2, 0.25) is 11.6 Å². The maximum atomic E-state index is 13.8. The first-order chi connectivity index (χ1) is 24.8. The molecule has 0 bridgehead atoms. The smallest absolute Gasteiger partial charge is 0.471 e. The molecule has 3 aliphatic rings. The molecule has 0 saturated carbocycles. The van der Waals surface area contributed by atoms with E-state index in [2.05, 4.69) is 6.58 Å². The molecule has 1 heterocycles. The van der Waals surface area contributed by atoms with E-state index in [9.17, 15) is 57.3 Å². The van der Waals surface area contributed by atoms with Crippen LogP contribution in [-0.4, -0.2) is 99.6 Å². The average Bonchev–Trinajstić information content (AvgIpc) is 3.06. The van der Waals surface area contributed by atoms with Crippen LogP contribution >= 0.6 is 0 Å². The topological polar surface area (TPSA) is 232 Å². The van der Waals surface area contributed by atoms with Crippen molar-refractivity contribution in [1.29, 1.82) is 0 Å². The molecule has 288 valence electrons. The van der Waals surface area contributed by atoms with Crippen LogP contribution in [0, 0.1) is 0 Å². The molecule has 53 heavy (non-hydrogen) atoms. The summed E-state index contributed by atoms with van der Waals surface area (Å²) in [4.78, 5) is 75.5. The molecule has 1 saturated heterocycles. The van der Waals surface area contributed by atoms with Gasteiger partial charge in [0.25, 0.3) is 0 Å². The highest BCUT2D eigenvalue weighted by molar-refractivity contribution is 6.20. The molecule has 1 aliphatic heterocycles. The fourth-order valence-corrected chi connectivity index (χ4v) is 6.39. The first kappa shape index (κ1) is 40.7. The number of carbonyl (C=O) groups is 6. The molecule has 0 aromatic heterocycles. The summed E-state index contributed by atoms with van der Waals surface area (Å²) in [6.45, 7) is 4.15. The Morgan fingerprint density at radius 2 is 1.79 bits per heavy atom. The largest absolute Gasteiger partial charge is 0.507 e. The highest BCUT2D eigenvalue weighted by atomic mass is 19.4. The van der Waals surface area contributed by atoms with Gasteiger partial charge in [-0.3, -0.25) is 28.8 Å². The Labute approximate surface area is 300 Å². The van der Waals surface area contributed by atoms with Gasteiger partial charge in [0.05, 0.1) is 36.0 Å². The lowest BCUT2D eigenvalue weighted by atomic mass is 9.73. The number of Topliss-reactive ketones (excluding diaryl/α,β-unsaturated/α-hetero) is 3. The number of nitrogens with one attached hydrogen (secondary N) is 1. The van der Waals surface area contributed by atoms with Gasteiger partial charge >= 0.3 is 24.0 Å². The molecule has 0 spiro atoms. The molecule has 1 amide bonds. The highest BCUT2D eigenvalue weighted by Gasteiger charge is 2.50. The van der Waals surface area contributed by atoms with E-state index in [0.29, 0.717) is 0 Å². The summed E-state index contributed by atoms with van der Waals surface area (Å²) in [5.41, 5.74) is -5.05. The maximum absolute atomic E-state index is 13.8. The van der Waals surface area contributed by atoms with Crippen LogP contribution in [0.1, 0.15) is 89.8 Å². The minimum Gasteiger partial charge on any atom is -0.507 e. The van der Waals surface area contributed by atoms with Crippen LogP contribution in [0.25, 0.3) is 0 Å². The Balaban J connectivity index is 1.79. The lowest BCUT2D eigenvalue weighted by Gasteiger charge is -2.41. The van der Waals surface area contributed by atoms with Crippen LogP contribution < -0.4 is 5.32 Å². The van der Waals surface area contributed by atoms with Crippen molar-refractivity contribution in [2.75, 3.05) is 13.7 Å². The number of carboxylic acids is 1. The molecule has 0 radical (unpaired) electrons. The number of rotatable bonds is 11. The molecule has 4 rings (SSSR count). The summed E-state index contributed by atoms with van der Waals surface area (Å²) in [5, 5.41) is 45.9. The van der Waals surface area contributed by atoms with E-state index in [-0.39, 0.29) is 42.6 Å². The number of ketones is 3. The van der Waals surface area contributed by atoms with E-state index in [1.54, 1.807) is 0 Å². The van der Waals surface area contributed by atoms with Crippen molar-refractivity contribution < 1.29 is 81.3 Å². The maximum Gasteiger partial charge on any atom is 0.471 e. The second-order valence-electron chi connectivity index (χ2n) is 12.8. The fraction of sp³-hybridized carbons (Fsp3) is 0.486. The van der Waals surface area contributed by atoms with E-state index in [4.69, 9.17) is 24.1 Å². The second-order valence-corrected chi connectivity index (χ2v) is 12.8. The zero-order valence-corrected chi connectivity index (χ0v) is 28.6. The van der Waals surface area contributed by atoms with Crippen LogP contribution in [0.3, 0.4) is 0 Å². The number of phenolic OH excluding ortho intramolecular Hbond substituents is 2. The summed E-state index contributed by atoms with van der Waals surface area (Å²) in [5.74, 6) is -9.24. The van der Waals surface area contributed by atoms with Crippen molar-refractivity contribution in [3.63, 3.8) is 0 Å². The number of carboxylic acid groups (broad SMARTS) is 1. The molecule has 0 unspecified atom stereocenters. The molecule has 15 nitrogen and oxygen atoms in total. The number of carbonyl (C=O) groups excluding carboxylic acids is 5. The number of phenols is 2. The van der Waals surface area contributed by atoms with Crippen LogP contribution in [0.2, 0.25) is 0 Å². The summed E-state index contributed by atoms with van der Waals surface area (Å²) in [6, 6.07) is -1.14. The number of allylic oxidation sites excluding steroid dienone is 4. The minimum absolute atomic E-state index is 0.0509. The van der Waals surface area contributed by atoms with E-state index in [0.717, 1.165) is 0 Å². The molecule has 5 atom stereocenters. The number of fused-ring (bicyclic) bond motifs is 2. The predicted octanol–water partition coefficient (Wildman–Crippen LogP) is 3.18. The number of halogens is 3. The lowest BCUT2D eigenvalue weighted by Crippen LogP contribution is -2.51. The van der Waals surface area contributed by atoms with Crippen molar-refractivity contribution in [2.45, 2.75) is 94.6 Å². The van der Waals surface area contributed by atoms with Gasteiger partial charge in [-0.2, -0.15) is 13.2 Å². The molecule has 1 aromatic carbocycles. The van der Waals surface area contributed by atoms with Gasteiger partial charge in [0.15, 0.2) is 18.7 Å². The van der Waals surface area contributed by atoms with Crippen LogP contribution in [-0.2, 0) is 44.5 Å². The fourth-order valence-electron chi connectivity index (χ4n) is 6.39. The molecule has 1 fully saturated rings. The minimum atomic E-state index is -5.20. The van der Waals surface area contributed by atoms with Gasteiger partial charge < -0.3 is 44.7 Å². The molecule has 5 N–H and O–H groups in total. The van der Waals surface area contributed by atoms with Crippen molar-refractivity contribution >= 4 is 35.2 Å². The third-order valence-corrected chi connectivity index (χ3v) is 8.93. The zero-order valence-electron chi connectivity index (χ0n) is 28.6. The van der Waals surface area contributed by atoms with Crippen molar-refractivity contribution in [3.8, 4) is 11.5 Å². The van der Waals surface area contributed by atoms with E-state index in [1.165, 1.54) is 32.3 Å². The van der Waals surface area contributed by atoms with Gasteiger partial charge in [-0.15, -0.1) is 0 Å². The van der Waals surface area contributed by atoms with Crippen molar-refractivity contribution in [1.82, 2.24) is 5.32 Å². The first-order valence-electron chi connectivity index (χ1n) is 16.4. The van der Waals surface area contributed by atoms with Crippen LogP contribution in [0.4, 0.5) is 13.2 Å². The number of aliphatic hydroxyl groups is 1. The second kappa shape index (κ2) is 16.3. The van der Waals surface area contributed by atoms with E-state index >= 15 is 0 Å². The molecule has 1 aromatic rings. The number of hydrogen-bond donors (Lipinski definition) is 5. The molecule has 18 heteroatoms. The number of aromatic hydroxyl groups is 2. The monoisotopic (exact) mass is 753 g/mol. The van der Waals surface area contributed by atoms with Gasteiger partial charge in [-0.05, 0) is 25.8 Å². The van der Waals surface area contributed by atoms with Gasteiger partial charge in [0, 0.05) is 55.7 Å². The van der Waals surface area contributed by atoms with Crippen LogP contribution in [0.5, 0.6) is 11.5 Å². The van der Waals surface area contributed by atoms with Gasteiger partial charge in [-0.1, -0.05) is 18.7 Å². The number of amides is 1. The summed E-state index contributed by atoms with van der Waals surface area (Å²) < 4.78 is 61.1. The number of esters is 1. The van der Waals surface area contributed by atoms with Crippen molar-refractivity contribution in [2.24, 2.45) is 0 Å². The van der Waals surface area contributed by atoms with E-state index < -0.39 is 132 Å². The summed E-state index contributed by atoms with van der Waals surface area (Å²) in [6.07, 6.45) is -8.28. The quantitative estimate of drug-likeness (QED) is 0.124. The molecule has 2 aliphatic carbocycles. The van der Waals surface area contributed by atoms with Gasteiger partial charge in [0.1, 0.15) is 22.9 Å². The SMILES string of the molecule is C=C1C(=O)c2c(O)c3c(c(O)c2C(=O)C/C=C\C=C/1OC)C[C@@](O)(C(=O)COC(=O)CCCC(=O)O)C[C@@H]3O[C@H]1C[C@H](NC(=O)C(F)(F)F)C[C@H](C)O1. The third-order valence-electron chi connectivity index (χ3n) is 8.93. The summed E-state index contributed by atoms with van der Waals surface area (Å²) in [7, 11) is 1.24. The number of aliphatic carboxylic acids is 1. The molecular formula is C35H38F3NO14. The Morgan fingerprint density at radius 3 is 2.43 bits per heavy atom. The number of methoxy groups -OCH3 is 1. The number of hydrogen-bond acceptors (Lipinski definition) is 13. The third kappa shape index (κ3) is 9.30. The Bertz CT molecular complexity index is 1770. The average molecular weight is 754 g/mol. The number of alkyl halides is 3. The van der Waals surface area contributed by atoms with Crippen LogP contribution in [0.15, 0.2) is 36.1 Å². The van der Waals surface area contributed by atoms with Crippen molar-refractivity contribution in [3.05, 3.63) is 58.4 Å². The number of ether oxygens (including phenoxy) is 4. The lowest BCUT2D eigenvalue weighted by molar-refractivity contribution is -0.228.